The van der Waals surface area contributed by atoms with Gasteiger partial charge in [-0.15, -0.1) is 73.9 Å². The van der Waals surface area contributed by atoms with Gasteiger partial charge in [-0.25, -0.2) is 0 Å². The van der Waals surface area contributed by atoms with Crippen molar-refractivity contribution in [3.05, 3.63) is 318 Å². The van der Waals surface area contributed by atoms with Gasteiger partial charge in [0.1, 0.15) is 16.5 Å². The Morgan fingerprint density at radius 2 is 0.746 bits per heavy atom. The summed E-state index contributed by atoms with van der Waals surface area (Å²) < 4.78 is 0. The molecule has 16 rings (SSSR count). The van der Waals surface area contributed by atoms with E-state index >= 15 is 0 Å². The Morgan fingerprint density at radius 3 is 1.02 bits per heavy atom. The molecule has 1 unspecified atom stereocenters. The number of nitrogens with one attached hydrogen (secondary N) is 1. The Kier molecular flexibility index (Phi) is 109. The van der Waals surface area contributed by atoms with Crippen LogP contribution in [-0.4, -0.2) is 117 Å². The SMILES string of the molecule is C.C.C.CC.CC.CC.CC.CC.CC.CC.CC.CC.CC.CC.C[N+]#N.I.O=C(Cl)Cc1ccccc1.O=C1CC(c2ccccc2)C1.O=C1CCC1c1ccccc1.[CH2-]c1cccc(C)c1.[CH2-]c1ccccc1.[Y].[Y].c1cc(N2CCNCC2)c2cccnc2c1.c1cc(N2CC[N-]CC2)c2cccnc2c1.c1cc(N2CC[N-]CC2)c2cccnc2c1. The van der Waals surface area contributed by atoms with Crippen molar-refractivity contribution < 1.29 is 79.8 Å². The molecule has 3 saturated heterocycles. The van der Waals surface area contributed by atoms with E-state index in [1.165, 1.54) is 57.0 Å². The van der Waals surface area contributed by atoms with Gasteiger partial charge in [0.2, 0.25) is 10.6 Å². The Bertz CT molecular complexity index is 3970. The number of ketones is 2. The number of pyridine rings is 3. The summed E-state index contributed by atoms with van der Waals surface area (Å²) in [6.07, 6.45) is 9.19. The maximum Gasteiger partial charge on any atom is 0.296 e. The van der Waals surface area contributed by atoms with Crippen LogP contribution in [0.5, 0.6) is 0 Å². The third kappa shape index (κ3) is 59.0. The first-order valence-corrected chi connectivity index (χ1v) is 44.9. The van der Waals surface area contributed by atoms with Crippen molar-refractivity contribution in [3.8, 4) is 0 Å². The first-order valence-electron chi connectivity index (χ1n) is 44.6. The summed E-state index contributed by atoms with van der Waals surface area (Å²) in [4.78, 5) is 55.0. The van der Waals surface area contributed by atoms with Crippen molar-refractivity contribution in [2.75, 3.05) is 100 Å². The predicted molar refractivity (Wildman–Crippen MR) is 567 cm³/mol. The van der Waals surface area contributed by atoms with Gasteiger partial charge in [0.25, 0.3) is 7.05 Å². The van der Waals surface area contributed by atoms with Crippen LogP contribution in [0.1, 0.15) is 246 Å². The summed E-state index contributed by atoms with van der Waals surface area (Å²) in [6.45, 7) is 65.7. The van der Waals surface area contributed by atoms with Crippen LogP contribution in [0.25, 0.3) is 48.3 Å². The number of nitrogens with zero attached hydrogens (tertiary/aromatic N) is 10. The number of benzene rings is 8. The molecule has 3 aromatic heterocycles. The fraction of sp³-hybridized carbons (Fsp3) is 0.426. The van der Waals surface area contributed by atoms with E-state index in [0.717, 1.165) is 137 Å². The van der Waals surface area contributed by atoms with Gasteiger partial charge in [-0.05, 0) is 140 Å². The molecule has 18 heteroatoms. The van der Waals surface area contributed by atoms with Crippen LogP contribution >= 0.6 is 35.6 Å². The van der Waals surface area contributed by atoms with Crippen LogP contribution in [0, 0.1) is 26.2 Å². The van der Waals surface area contributed by atoms with Gasteiger partial charge >= 0.3 is 0 Å². The number of piperazine rings is 3. The van der Waals surface area contributed by atoms with E-state index in [9.17, 15) is 14.4 Å². The third-order valence-corrected chi connectivity index (χ3v) is 16.9. The van der Waals surface area contributed by atoms with Gasteiger partial charge in [-0.3, -0.25) is 29.3 Å². The number of aryl methyl sites for hydroxylation is 1. The minimum Gasteiger partial charge on any atom is -0.659 e. The summed E-state index contributed by atoms with van der Waals surface area (Å²) >= 11 is 5.17. The van der Waals surface area contributed by atoms with Crippen LogP contribution < -0.4 is 20.0 Å². The number of rotatable bonds is 7. The number of diazo groups is 1. The average Bonchev–Trinajstić information content (AvgIpc) is 0.824. The molecule has 2 radical (unpaired) electrons. The molecule has 1 atom stereocenters. The number of aromatic nitrogens is 3. The van der Waals surface area contributed by atoms with E-state index in [0.29, 0.717) is 23.9 Å². The summed E-state index contributed by atoms with van der Waals surface area (Å²) in [5, 5.41) is 22.7. The summed E-state index contributed by atoms with van der Waals surface area (Å²) in [7, 11) is 1.31. The Labute approximate surface area is 843 Å². The van der Waals surface area contributed by atoms with Gasteiger partial charge in [0.05, 0.1) is 16.6 Å². The molecule has 2 aliphatic carbocycles. The Morgan fingerprint density at radius 1 is 0.437 bits per heavy atom. The molecule has 0 bridgehead atoms. The number of carbonyl (C=O) groups is 3. The van der Waals surface area contributed by atoms with Gasteiger partial charge < -0.3 is 30.7 Å². The fourth-order valence-corrected chi connectivity index (χ4v) is 11.7. The second-order valence-electron chi connectivity index (χ2n) is 23.8. The molecule has 8 aromatic carbocycles. The van der Waals surface area contributed by atoms with Crippen molar-refractivity contribution in [1.82, 2.24) is 20.3 Å². The summed E-state index contributed by atoms with van der Waals surface area (Å²) in [5.41, 5.74) is 14.0. The van der Waals surface area contributed by atoms with Gasteiger partial charge in [-0.1, -0.05) is 303 Å². The molecule has 11 aromatic rings. The molecule has 126 heavy (non-hydrogen) atoms. The number of hydrogen-bond acceptors (Lipinski definition) is 11. The molecular formula is C108H168ClIN11O3Y2-3. The average molecular weight is 2010 g/mol. The van der Waals surface area contributed by atoms with Crippen molar-refractivity contribution in [3.63, 3.8) is 0 Å². The zero-order valence-electron chi connectivity index (χ0n) is 80.0. The molecule has 696 valence electrons. The zero-order chi connectivity index (χ0) is 90.9. The smallest absolute Gasteiger partial charge is 0.296 e. The molecule has 14 nitrogen and oxygen atoms in total. The van der Waals surface area contributed by atoms with Crippen LogP contribution in [0.15, 0.2) is 255 Å². The zero-order valence-corrected chi connectivity index (χ0v) is 88.7. The minimum atomic E-state index is -0.314. The van der Waals surface area contributed by atoms with Crippen molar-refractivity contribution in [1.29, 1.82) is 5.39 Å². The molecule has 6 heterocycles. The largest absolute Gasteiger partial charge is 0.659 e. The first-order chi connectivity index (χ1) is 59.0. The van der Waals surface area contributed by atoms with Crippen LogP contribution in [0.2, 0.25) is 0 Å². The van der Waals surface area contributed by atoms with E-state index < -0.39 is 0 Å². The molecule has 0 amide bonds. The molecule has 5 fully saturated rings. The first kappa shape index (κ1) is 139. The van der Waals surface area contributed by atoms with Crippen molar-refractivity contribution in [2.24, 2.45) is 0 Å². The standard InChI is InChI=1S/C13H15N3.2C13H14N3.2C10H10O.C8H7ClO.C8H9.C7H7.11C2H6.CH3N2.3CH4.HI.2Y/c3*1-4-12-11(3-2-6-15-12)13(5-1)16-9-7-14-8-10-16;11-10-6-9(7-10)8-4-2-1-3-5-8;11-10-7-6-9(10)8-4-2-1-3-5-8;9-8(10)6-7-4-2-1-3-5-7;1-7-4-3-5-8(2)6-7;1-7-5-3-2-4-6-7;11*1-2;1-3-2;;;;;;/h1-6,14H,7-10H2;2*1-6H,7-10H2;2*1-5,9H,6-7H2;1-5H,6H2;3-6H,1H2,2H3;2-6H,1H2;11*1-2H3;1H3;3*1H4;1H;;/q;2*-1;;;;2*-1;;;;;;;;;;;;+1;;;;;;. The van der Waals surface area contributed by atoms with E-state index in [4.69, 9.17) is 17.0 Å². The normalized spacial score (nSPS) is 12.3. The van der Waals surface area contributed by atoms with Crippen molar-refractivity contribution >= 4 is 102 Å². The number of carbonyl (C=O) groups excluding carboxylic acids is 3. The molecular weight excluding hydrogens is 1840 g/mol. The van der Waals surface area contributed by atoms with Gasteiger partial charge in [0, 0.05) is 175 Å². The molecule has 1 N–H and O–H groups in total. The maximum atomic E-state index is 11.0. The maximum absolute atomic E-state index is 11.0. The van der Waals surface area contributed by atoms with Crippen LogP contribution in [0.4, 0.5) is 17.1 Å². The minimum absolute atomic E-state index is 0. The summed E-state index contributed by atoms with van der Waals surface area (Å²) in [5.74, 6) is 1.54. The Balaban J connectivity index is -0.000000148. The van der Waals surface area contributed by atoms with Crippen molar-refractivity contribution in [2.45, 2.75) is 225 Å². The molecule has 2 saturated carbocycles. The quantitative estimate of drug-likeness (QED) is 0.0698. The number of fused-ring (bicyclic) bond motifs is 3. The Hall–Kier alpha value is -7.33. The van der Waals surface area contributed by atoms with Crippen LogP contribution in [0.3, 0.4) is 0 Å². The third-order valence-electron chi connectivity index (χ3n) is 16.7. The van der Waals surface area contributed by atoms with Gasteiger partial charge in [0.15, 0.2) is 0 Å². The second-order valence-corrected chi connectivity index (χ2v) is 24.2. The topological polar surface area (TPSA) is 168 Å². The fourth-order valence-electron chi connectivity index (χ4n) is 11.5. The van der Waals surface area contributed by atoms with E-state index in [-0.39, 0.29) is 123 Å². The number of Topliss-reactive ketones (excluding diaryl/α,β-unsaturated/α-hetero) is 2. The predicted octanol–water partition coefficient (Wildman–Crippen LogP) is 31.1. The number of halogens is 2. The van der Waals surface area contributed by atoms with Crippen LogP contribution in [-0.2, 0) is 86.2 Å². The second kappa shape index (κ2) is 98.3. The molecule has 5 aliphatic rings. The monoisotopic (exact) mass is 2010 g/mol. The molecule has 0 spiro atoms. The van der Waals surface area contributed by atoms with E-state index in [2.05, 4.69) is 168 Å². The molecule has 3 aliphatic heterocycles. The van der Waals surface area contributed by atoms with E-state index in [1.807, 2.05) is 310 Å². The van der Waals surface area contributed by atoms with Gasteiger partial charge in [-0.2, -0.15) is 49.2 Å². The van der Waals surface area contributed by atoms with E-state index in [1.54, 1.807) is 0 Å². The number of anilines is 3. The summed E-state index contributed by atoms with van der Waals surface area (Å²) in [6, 6.07) is 79.1. The number of hydrogen-bond donors (Lipinski definition) is 1.